The molecule has 3 aromatic carbocycles. The molecule has 2 aliphatic rings. The van der Waals surface area contributed by atoms with Crippen LogP contribution >= 0.6 is 0 Å². The van der Waals surface area contributed by atoms with E-state index in [1.165, 1.54) is 16.4 Å². The second kappa shape index (κ2) is 9.07. The molecular formula is C27H26N4O4S. The second-order valence-electron chi connectivity index (χ2n) is 9.17. The van der Waals surface area contributed by atoms with E-state index in [-0.39, 0.29) is 10.8 Å². The molecule has 1 saturated heterocycles. The van der Waals surface area contributed by atoms with Crippen LogP contribution in [0.5, 0.6) is 5.75 Å². The van der Waals surface area contributed by atoms with Crippen molar-refractivity contribution in [3.8, 4) is 16.9 Å². The number of aromatic amines is 1. The van der Waals surface area contributed by atoms with Gasteiger partial charge in [0.1, 0.15) is 12.4 Å². The number of hydrogen-bond donors (Lipinski definition) is 1. The zero-order chi connectivity index (χ0) is 24.7. The molecule has 0 saturated carbocycles. The number of carbonyl (C=O) groups excluding carboxylic acids is 1. The lowest BCUT2D eigenvalue weighted by molar-refractivity contribution is 0.0733. The number of fused-ring (bicyclic) bond motifs is 2. The van der Waals surface area contributed by atoms with E-state index in [9.17, 15) is 13.2 Å². The van der Waals surface area contributed by atoms with Crippen LogP contribution in [0, 0.1) is 0 Å². The van der Waals surface area contributed by atoms with Gasteiger partial charge in [0, 0.05) is 30.8 Å². The molecule has 1 aromatic heterocycles. The molecule has 1 N–H and O–H groups in total. The number of imidazole rings is 1. The van der Waals surface area contributed by atoms with Gasteiger partial charge in [0.2, 0.25) is 10.0 Å². The topological polar surface area (TPSA) is 95.6 Å². The summed E-state index contributed by atoms with van der Waals surface area (Å²) >= 11 is 0. The number of hydrogen-bond acceptors (Lipinski definition) is 5. The molecule has 184 valence electrons. The number of ether oxygens (including phenoxy) is 1. The standard InChI is InChI=1S/C27H26N4O4S/c32-27(19-3-7-23(8-4-19)36(33,34)31-11-1-2-12-31)30-13-14-35-26-10-6-20(15-22(26)17-30)21-5-9-24-25(16-21)29-18-28-24/h3-10,15-16,18H,1-2,11-14,17H2,(H,28,29). The fourth-order valence-corrected chi connectivity index (χ4v) is 6.41. The van der Waals surface area contributed by atoms with Gasteiger partial charge in [-0.1, -0.05) is 12.1 Å². The molecule has 8 nitrogen and oxygen atoms in total. The first-order valence-electron chi connectivity index (χ1n) is 12.1. The Morgan fingerprint density at radius 1 is 0.917 bits per heavy atom. The van der Waals surface area contributed by atoms with E-state index in [2.05, 4.69) is 22.1 Å². The van der Waals surface area contributed by atoms with Gasteiger partial charge < -0.3 is 14.6 Å². The molecule has 1 fully saturated rings. The maximum Gasteiger partial charge on any atom is 0.254 e. The minimum Gasteiger partial charge on any atom is -0.491 e. The van der Waals surface area contributed by atoms with E-state index in [1.807, 2.05) is 24.3 Å². The summed E-state index contributed by atoms with van der Waals surface area (Å²) < 4.78 is 33.1. The fraction of sp³-hybridized carbons (Fsp3) is 0.259. The van der Waals surface area contributed by atoms with Gasteiger partial charge in [0.05, 0.1) is 28.8 Å². The summed E-state index contributed by atoms with van der Waals surface area (Å²) in [6.07, 6.45) is 3.44. The Labute approximate surface area is 209 Å². The number of H-pyrrole nitrogens is 1. The summed E-state index contributed by atoms with van der Waals surface area (Å²) in [7, 11) is -3.51. The highest BCUT2D eigenvalue weighted by Crippen LogP contribution is 2.31. The third-order valence-electron chi connectivity index (χ3n) is 6.89. The Kier molecular flexibility index (Phi) is 5.73. The minimum absolute atomic E-state index is 0.152. The SMILES string of the molecule is O=C(c1ccc(S(=O)(=O)N2CCCC2)cc1)N1CCOc2ccc(-c3ccc4nc[nH]c4c3)cc2C1. The van der Waals surface area contributed by atoms with Gasteiger partial charge in [-0.25, -0.2) is 13.4 Å². The molecule has 2 aliphatic heterocycles. The van der Waals surface area contributed by atoms with E-state index in [0.29, 0.717) is 38.3 Å². The van der Waals surface area contributed by atoms with E-state index in [1.54, 1.807) is 23.4 Å². The lowest BCUT2D eigenvalue weighted by Crippen LogP contribution is -2.32. The van der Waals surface area contributed by atoms with Crippen molar-refractivity contribution in [2.24, 2.45) is 0 Å². The number of nitrogens with zero attached hydrogens (tertiary/aromatic N) is 3. The van der Waals surface area contributed by atoms with Crippen LogP contribution in [0.4, 0.5) is 0 Å². The van der Waals surface area contributed by atoms with Gasteiger partial charge in [-0.15, -0.1) is 0 Å². The van der Waals surface area contributed by atoms with Crippen molar-refractivity contribution in [3.05, 3.63) is 78.1 Å². The van der Waals surface area contributed by atoms with Crippen molar-refractivity contribution in [1.29, 1.82) is 0 Å². The smallest absolute Gasteiger partial charge is 0.254 e. The molecule has 0 radical (unpaired) electrons. The van der Waals surface area contributed by atoms with E-state index < -0.39 is 10.0 Å². The molecule has 36 heavy (non-hydrogen) atoms. The molecule has 3 heterocycles. The minimum atomic E-state index is -3.51. The summed E-state index contributed by atoms with van der Waals surface area (Å²) in [5.74, 6) is 0.615. The van der Waals surface area contributed by atoms with Crippen LogP contribution in [0.25, 0.3) is 22.2 Å². The van der Waals surface area contributed by atoms with Crippen LogP contribution in [0.15, 0.2) is 71.9 Å². The van der Waals surface area contributed by atoms with Crippen molar-refractivity contribution in [3.63, 3.8) is 0 Å². The Morgan fingerprint density at radius 3 is 2.47 bits per heavy atom. The largest absolute Gasteiger partial charge is 0.491 e. The molecule has 4 aromatic rings. The Morgan fingerprint density at radius 2 is 1.67 bits per heavy atom. The molecule has 0 unspecified atom stereocenters. The van der Waals surface area contributed by atoms with Crippen molar-refractivity contribution in [1.82, 2.24) is 19.2 Å². The van der Waals surface area contributed by atoms with Crippen LogP contribution in [0.1, 0.15) is 28.8 Å². The number of aromatic nitrogens is 2. The first-order chi connectivity index (χ1) is 17.5. The first-order valence-corrected chi connectivity index (χ1v) is 13.5. The van der Waals surface area contributed by atoms with Crippen molar-refractivity contribution >= 4 is 27.0 Å². The summed E-state index contributed by atoms with van der Waals surface area (Å²) in [6.45, 7) is 2.33. The van der Waals surface area contributed by atoms with Crippen LogP contribution < -0.4 is 4.74 Å². The summed E-state index contributed by atoms with van der Waals surface area (Å²) in [5.41, 5.74) is 5.33. The van der Waals surface area contributed by atoms with Crippen LogP contribution in [0.2, 0.25) is 0 Å². The Bertz CT molecular complexity index is 1540. The molecule has 0 atom stereocenters. The van der Waals surface area contributed by atoms with Crippen molar-refractivity contribution in [2.75, 3.05) is 26.2 Å². The van der Waals surface area contributed by atoms with Gasteiger partial charge >= 0.3 is 0 Å². The van der Waals surface area contributed by atoms with E-state index >= 15 is 0 Å². The van der Waals surface area contributed by atoms with Crippen LogP contribution in [0.3, 0.4) is 0 Å². The van der Waals surface area contributed by atoms with Crippen molar-refractivity contribution in [2.45, 2.75) is 24.3 Å². The highest BCUT2D eigenvalue weighted by Gasteiger charge is 2.28. The van der Waals surface area contributed by atoms with Gasteiger partial charge in [0.15, 0.2) is 0 Å². The molecule has 1 amide bonds. The second-order valence-corrected chi connectivity index (χ2v) is 11.1. The van der Waals surface area contributed by atoms with Gasteiger partial charge in [0.25, 0.3) is 5.91 Å². The van der Waals surface area contributed by atoms with Crippen molar-refractivity contribution < 1.29 is 17.9 Å². The zero-order valence-electron chi connectivity index (χ0n) is 19.7. The average Bonchev–Trinajstić information content (AvgIpc) is 3.57. The average molecular weight is 503 g/mol. The quantitative estimate of drug-likeness (QED) is 0.454. The molecule has 0 bridgehead atoms. The molecular weight excluding hydrogens is 476 g/mol. The Balaban J connectivity index is 1.24. The van der Waals surface area contributed by atoms with Crippen LogP contribution in [-0.2, 0) is 16.6 Å². The lowest BCUT2D eigenvalue weighted by atomic mass is 10.0. The molecule has 0 spiro atoms. The predicted molar refractivity (Wildman–Crippen MR) is 136 cm³/mol. The highest BCUT2D eigenvalue weighted by molar-refractivity contribution is 7.89. The van der Waals surface area contributed by atoms with Gasteiger partial charge in [-0.05, 0) is 72.5 Å². The number of carbonyl (C=O) groups is 1. The predicted octanol–water partition coefficient (Wildman–Crippen LogP) is 4.05. The van der Waals surface area contributed by atoms with E-state index in [0.717, 1.165) is 46.3 Å². The number of amides is 1. The van der Waals surface area contributed by atoms with E-state index in [4.69, 9.17) is 4.74 Å². The maximum atomic E-state index is 13.4. The molecule has 0 aliphatic carbocycles. The summed E-state index contributed by atoms with van der Waals surface area (Å²) in [5, 5.41) is 0. The number of rotatable bonds is 4. The third kappa shape index (κ3) is 4.14. The fourth-order valence-electron chi connectivity index (χ4n) is 4.89. The van der Waals surface area contributed by atoms with Gasteiger partial charge in [-0.2, -0.15) is 4.31 Å². The maximum absolute atomic E-state index is 13.4. The summed E-state index contributed by atoms with van der Waals surface area (Å²) in [4.78, 5) is 22.7. The Hall–Kier alpha value is -3.69. The normalized spacial score (nSPS) is 16.5. The highest BCUT2D eigenvalue weighted by atomic mass is 32.2. The lowest BCUT2D eigenvalue weighted by Gasteiger charge is -2.21. The third-order valence-corrected chi connectivity index (χ3v) is 8.80. The monoisotopic (exact) mass is 502 g/mol. The number of benzene rings is 3. The molecule has 6 rings (SSSR count). The molecule has 9 heteroatoms. The first kappa shape index (κ1) is 22.8. The number of nitrogens with one attached hydrogen (secondary N) is 1. The summed E-state index contributed by atoms with van der Waals surface area (Å²) in [6, 6.07) is 18.4. The van der Waals surface area contributed by atoms with Gasteiger partial charge in [-0.3, -0.25) is 4.79 Å². The zero-order valence-corrected chi connectivity index (χ0v) is 20.5. The number of sulfonamides is 1. The van der Waals surface area contributed by atoms with Crippen LogP contribution in [-0.4, -0.2) is 59.7 Å².